The lowest BCUT2D eigenvalue weighted by molar-refractivity contribution is -0.132. The van der Waals surface area contributed by atoms with E-state index in [1.807, 2.05) is 37.3 Å². The molecule has 36 heavy (non-hydrogen) atoms. The van der Waals surface area contributed by atoms with Gasteiger partial charge in [0.15, 0.2) is 0 Å². The lowest BCUT2D eigenvalue weighted by Crippen LogP contribution is -2.30. The van der Waals surface area contributed by atoms with Crippen LogP contribution in [0.15, 0.2) is 72.4 Å². The van der Waals surface area contributed by atoms with Gasteiger partial charge in [0.25, 0.3) is 5.78 Å². The van der Waals surface area contributed by atoms with Gasteiger partial charge in [-0.25, -0.2) is 4.98 Å². The van der Waals surface area contributed by atoms with Crippen LogP contribution >= 0.6 is 0 Å². The number of hydrogen-bond acceptors (Lipinski definition) is 6. The highest BCUT2D eigenvalue weighted by molar-refractivity contribution is 6.51. The molecule has 7 nitrogen and oxygen atoms in total. The van der Waals surface area contributed by atoms with Gasteiger partial charge < -0.3 is 14.6 Å². The van der Waals surface area contributed by atoms with Crippen LogP contribution in [-0.4, -0.2) is 34.5 Å². The normalized spacial score (nSPS) is 20.3. The second kappa shape index (κ2) is 9.85. The molecule has 0 saturated carbocycles. The van der Waals surface area contributed by atoms with Gasteiger partial charge in [-0.3, -0.25) is 14.5 Å². The number of amides is 1. The Kier molecular flexibility index (Phi) is 6.46. The van der Waals surface area contributed by atoms with E-state index < -0.39 is 17.7 Å². The number of ketones is 1. The van der Waals surface area contributed by atoms with E-state index in [1.165, 1.54) is 4.90 Å². The van der Waals surface area contributed by atoms with Crippen molar-refractivity contribution in [2.45, 2.75) is 45.3 Å². The average Bonchev–Trinajstić information content (AvgIpc) is 3.40. The third kappa shape index (κ3) is 4.33. The molecule has 184 valence electrons. The van der Waals surface area contributed by atoms with Crippen molar-refractivity contribution >= 4 is 23.3 Å². The summed E-state index contributed by atoms with van der Waals surface area (Å²) in [4.78, 5) is 32.2. The number of aromatic nitrogens is 1. The van der Waals surface area contributed by atoms with Gasteiger partial charge in [-0.2, -0.15) is 0 Å². The monoisotopic (exact) mass is 484 g/mol. The summed E-state index contributed by atoms with van der Waals surface area (Å²) in [6, 6.07) is 16.9. The van der Waals surface area contributed by atoms with Gasteiger partial charge in [0.05, 0.1) is 18.2 Å². The fraction of sp³-hybridized carbons (Fsp3) is 0.276. The predicted molar refractivity (Wildman–Crippen MR) is 136 cm³/mol. The number of aliphatic hydroxyl groups is 1. The zero-order chi connectivity index (χ0) is 25.2. The first-order valence-corrected chi connectivity index (χ1v) is 12.2. The summed E-state index contributed by atoms with van der Waals surface area (Å²) in [5, 5.41) is 11.4. The van der Waals surface area contributed by atoms with Crippen LogP contribution < -0.4 is 14.4 Å². The number of rotatable bonds is 7. The van der Waals surface area contributed by atoms with Crippen LogP contribution in [0.5, 0.6) is 11.5 Å². The van der Waals surface area contributed by atoms with E-state index in [-0.39, 0.29) is 17.4 Å². The van der Waals surface area contributed by atoms with Crippen LogP contribution in [0.1, 0.15) is 49.4 Å². The molecule has 1 amide bonds. The first-order chi connectivity index (χ1) is 17.5. The van der Waals surface area contributed by atoms with Gasteiger partial charge in [-0.05, 0) is 66.9 Å². The van der Waals surface area contributed by atoms with E-state index >= 15 is 0 Å². The third-order valence-electron chi connectivity index (χ3n) is 6.47. The fourth-order valence-electron chi connectivity index (χ4n) is 4.69. The molecule has 1 N–H and O–H groups in total. The van der Waals surface area contributed by atoms with Crippen LogP contribution in [0.4, 0.5) is 5.82 Å². The number of carbonyl (C=O) groups excluding carboxylic acids is 2. The summed E-state index contributed by atoms with van der Waals surface area (Å²) in [5.41, 5.74) is 2.12. The van der Waals surface area contributed by atoms with E-state index in [1.54, 1.807) is 36.5 Å². The highest BCUT2D eigenvalue weighted by atomic mass is 16.5. The lowest BCUT2D eigenvalue weighted by atomic mass is 9.94. The van der Waals surface area contributed by atoms with Crippen LogP contribution in [0.3, 0.4) is 0 Å². The van der Waals surface area contributed by atoms with Crippen molar-refractivity contribution in [1.82, 2.24) is 4.98 Å². The summed E-state index contributed by atoms with van der Waals surface area (Å²) in [7, 11) is 0. The maximum absolute atomic E-state index is 13.3. The number of fused-ring (bicyclic) bond motifs is 1. The zero-order valence-corrected chi connectivity index (χ0v) is 20.3. The SMILES string of the molecule is CCCCOc1ccc(C2/C(=C(\O)c3ccc4c(c3)CC(C)O4)C(=O)C(=O)N2c2ccccn2)cc1. The molecular weight excluding hydrogens is 456 g/mol. The maximum Gasteiger partial charge on any atom is 0.301 e. The molecule has 1 aromatic heterocycles. The fourth-order valence-corrected chi connectivity index (χ4v) is 4.69. The molecule has 2 aromatic carbocycles. The molecule has 1 saturated heterocycles. The first-order valence-electron chi connectivity index (χ1n) is 12.2. The zero-order valence-electron chi connectivity index (χ0n) is 20.3. The molecule has 5 rings (SSSR count). The number of unbranched alkanes of at least 4 members (excludes halogenated alkanes) is 1. The highest BCUT2D eigenvalue weighted by Crippen LogP contribution is 2.42. The quantitative estimate of drug-likeness (QED) is 0.214. The molecular formula is C29H28N2O5. The van der Waals surface area contributed by atoms with Crippen molar-refractivity contribution in [2.24, 2.45) is 0 Å². The smallest absolute Gasteiger partial charge is 0.301 e. The number of carbonyl (C=O) groups is 2. The van der Waals surface area contributed by atoms with Crippen LogP contribution in [0.2, 0.25) is 0 Å². The Bertz CT molecular complexity index is 1320. The highest BCUT2D eigenvalue weighted by Gasteiger charge is 2.47. The molecule has 0 spiro atoms. The van der Waals surface area contributed by atoms with Gasteiger partial charge >= 0.3 is 5.91 Å². The standard InChI is InChI=1S/C29H28N2O5/c1-3-4-15-35-22-11-8-19(9-12-22)26-25(28(33)29(34)31(26)24-7-5-6-14-30-24)27(32)20-10-13-23-21(17-20)16-18(2)36-23/h5-14,17-18,26,32H,3-4,15-16H2,1-2H3/b27-25+. The lowest BCUT2D eigenvalue weighted by Gasteiger charge is -2.24. The average molecular weight is 485 g/mol. The summed E-state index contributed by atoms with van der Waals surface area (Å²) in [5.74, 6) is 0.0987. The Morgan fingerprint density at radius 2 is 1.94 bits per heavy atom. The summed E-state index contributed by atoms with van der Waals surface area (Å²) in [6.07, 6.45) is 4.31. The second-order valence-electron chi connectivity index (χ2n) is 9.08. The Labute approximate surface area is 210 Å². The number of pyridine rings is 1. The summed E-state index contributed by atoms with van der Waals surface area (Å²) in [6.45, 7) is 4.69. The molecule has 7 heteroatoms. The number of benzene rings is 2. The first kappa shape index (κ1) is 23.6. The van der Waals surface area contributed by atoms with Gasteiger partial charge in [0.1, 0.15) is 29.2 Å². The second-order valence-corrected chi connectivity index (χ2v) is 9.08. The predicted octanol–water partition coefficient (Wildman–Crippen LogP) is 5.21. The Hall–Kier alpha value is -4.13. The Balaban J connectivity index is 1.59. The number of Topliss-reactive ketones (excluding diaryl/α,β-unsaturated/α-hetero) is 1. The van der Waals surface area contributed by atoms with E-state index in [4.69, 9.17) is 9.47 Å². The van der Waals surface area contributed by atoms with Crippen molar-refractivity contribution in [2.75, 3.05) is 11.5 Å². The van der Waals surface area contributed by atoms with E-state index in [2.05, 4.69) is 11.9 Å². The van der Waals surface area contributed by atoms with Crippen molar-refractivity contribution in [3.8, 4) is 11.5 Å². The van der Waals surface area contributed by atoms with Crippen molar-refractivity contribution in [3.63, 3.8) is 0 Å². The van der Waals surface area contributed by atoms with Crippen molar-refractivity contribution in [1.29, 1.82) is 0 Å². The summed E-state index contributed by atoms with van der Waals surface area (Å²) >= 11 is 0. The minimum absolute atomic E-state index is 0.0252. The molecule has 0 aliphatic carbocycles. The minimum atomic E-state index is -0.840. The van der Waals surface area contributed by atoms with Gasteiger partial charge in [0, 0.05) is 18.2 Å². The topological polar surface area (TPSA) is 89.0 Å². The number of ether oxygens (including phenoxy) is 2. The van der Waals surface area contributed by atoms with Gasteiger partial charge in [-0.15, -0.1) is 0 Å². The summed E-state index contributed by atoms with van der Waals surface area (Å²) < 4.78 is 11.5. The largest absolute Gasteiger partial charge is 0.507 e. The molecule has 2 aliphatic heterocycles. The molecule has 2 unspecified atom stereocenters. The van der Waals surface area contributed by atoms with Crippen LogP contribution in [-0.2, 0) is 16.0 Å². The minimum Gasteiger partial charge on any atom is -0.507 e. The molecule has 0 bridgehead atoms. The van der Waals surface area contributed by atoms with Crippen LogP contribution in [0.25, 0.3) is 5.76 Å². The maximum atomic E-state index is 13.3. The van der Waals surface area contributed by atoms with E-state index in [9.17, 15) is 14.7 Å². The Morgan fingerprint density at radius 1 is 1.14 bits per heavy atom. The number of hydrogen-bond donors (Lipinski definition) is 1. The molecule has 3 heterocycles. The van der Waals surface area contributed by atoms with Crippen molar-refractivity contribution < 1.29 is 24.2 Å². The van der Waals surface area contributed by atoms with Crippen molar-refractivity contribution in [3.05, 3.63) is 89.1 Å². The molecule has 0 radical (unpaired) electrons. The molecule has 2 aliphatic rings. The van der Waals surface area contributed by atoms with E-state index in [0.29, 0.717) is 35.7 Å². The number of anilines is 1. The Morgan fingerprint density at radius 3 is 2.67 bits per heavy atom. The molecule has 3 aromatic rings. The number of nitrogens with zero attached hydrogens (tertiary/aromatic N) is 2. The number of aliphatic hydroxyl groups excluding tert-OH is 1. The molecule has 1 fully saturated rings. The van der Waals surface area contributed by atoms with Gasteiger partial charge in [-0.1, -0.05) is 31.5 Å². The molecule has 2 atom stereocenters. The third-order valence-corrected chi connectivity index (χ3v) is 6.47. The van der Waals surface area contributed by atoms with Gasteiger partial charge in [0.2, 0.25) is 0 Å². The van der Waals surface area contributed by atoms with E-state index in [0.717, 1.165) is 24.2 Å². The van der Waals surface area contributed by atoms with Crippen LogP contribution in [0, 0.1) is 0 Å².